The van der Waals surface area contributed by atoms with Gasteiger partial charge in [0.2, 0.25) is 0 Å². The van der Waals surface area contributed by atoms with Crippen LogP contribution in [0.25, 0.3) is 0 Å². The van der Waals surface area contributed by atoms with Gasteiger partial charge >= 0.3 is 0 Å². The van der Waals surface area contributed by atoms with Crippen LogP contribution in [0.1, 0.15) is 23.0 Å². The number of hydrogen-bond donors (Lipinski definition) is 0. The molecule has 3 rings (SSSR count). The lowest BCUT2D eigenvalue weighted by atomic mass is 10.1. The summed E-state index contributed by atoms with van der Waals surface area (Å²) in [6.07, 6.45) is 1.03. The zero-order chi connectivity index (χ0) is 11.1. The molecule has 1 aromatic heterocycles. The van der Waals surface area contributed by atoms with Gasteiger partial charge in [-0.05, 0) is 34.9 Å². The molecular weight excluding hydrogens is 268 g/mol. The van der Waals surface area contributed by atoms with Crippen LogP contribution in [-0.4, -0.2) is 25.0 Å². The molecule has 0 amide bonds. The van der Waals surface area contributed by atoms with Crippen LogP contribution in [0, 0.1) is 6.92 Å². The number of benzene rings is 1. The van der Waals surface area contributed by atoms with Crippen LogP contribution in [0.5, 0.6) is 0 Å². The van der Waals surface area contributed by atoms with Gasteiger partial charge in [-0.3, -0.25) is 0 Å². The maximum absolute atomic E-state index is 4.07. The fourth-order valence-electron chi connectivity index (χ4n) is 2.31. The number of fused-ring (bicyclic) bond motifs is 1. The molecule has 1 aromatic carbocycles. The predicted octanol–water partition coefficient (Wildman–Crippen LogP) is 1.89. The molecule has 4 nitrogen and oxygen atoms in total. The average Bonchev–Trinajstić information content (AvgIpc) is 2.81. The first-order valence-corrected chi connectivity index (χ1v) is 6.15. The second kappa shape index (κ2) is 3.66. The highest BCUT2D eigenvalue weighted by molar-refractivity contribution is 9.09. The summed E-state index contributed by atoms with van der Waals surface area (Å²) >= 11 is 3.72. The van der Waals surface area contributed by atoms with E-state index in [1.807, 2.05) is 11.6 Å². The van der Waals surface area contributed by atoms with E-state index in [2.05, 4.69) is 55.7 Å². The van der Waals surface area contributed by atoms with Crippen LogP contribution in [-0.2, 0) is 6.42 Å². The molecule has 0 saturated carbocycles. The zero-order valence-corrected chi connectivity index (χ0v) is 10.4. The lowest BCUT2D eigenvalue weighted by Crippen LogP contribution is -2.19. The Morgan fingerprint density at radius 1 is 1.38 bits per heavy atom. The van der Waals surface area contributed by atoms with Crippen LogP contribution in [0.15, 0.2) is 24.3 Å². The molecule has 1 heterocycles. The van der Waals surface area contributed by atoms with E-state index in [1.165, 1.54) is 11.1 Å². The summed E-state index contributed by atoms with van der Waals surface area (Å²) in [5.41, 5.74) is 2.70. The van der Waals surface area contributed by atoms with Crippen molar-refractivity contribution in [2.24, 2.45) is 0 Å². The number of rotatable bonds is 1. The fourth-order valence-corrected chi connectivity index (χ4v) is 3.16. The van der Waals surface area contributed by atoms with Crippen LogP contribution in [0.2, 0.25) is 0 Å². The molecule has 0 spiro atoms. The Hall–Kier alpha value is -1.23. The van der Waals surface area contributed by atoms with Gasteiger partial charge in [0, 0.05) is 4.83 Å². The lowest BCUT2D eigenvalue weighted by Gasteiger charge is -2.15. The van der Waals surface area contributed by atoms with Gasteiger partial charge in [0.1, 0.15) is 5.82 Å². The monoisotopic (exact) mass is 278 g/mol. The van der Waals surface area contributed by atoms with Crippen molar-refractivity contribution >= 4 is 15.9 Å². The molecular formula is C11H11BrN4. The number of aryl methyl sites for hydroxylation is 1. The number of halogens is 1. The Balaban J connectivity index is 2.12. The first kappa shape index (κ1) is 9.96. The summed E-state index contributed by atoms with van der Waals surface area (Å²) < 4.78 is 1.89. The minimum atomic E-state index is 0.214. The Morgan fingerprint density at radius 2 is 2.19 bits per heavy atom. The second-order valence-corrected chi connectivity index (χ2v) is 5.21. The molecule has 0 aliphatic heterocycles. The van der Waals surface area contributed by atoms with Crippen LogP contribution in [0.3, 0.4) is 0 Å². The number of tetrazole rings is 1. The average molecular weight is 279 g/mol. The van der Waals surface area contributed by atoms with Crippen LogP contribution in [0.4, 0.5) is 0 Å². The van der Waals surface area contributed by atoms with Gasteiger partial charge in [-0.2, -0.15) is 0 Å². The largest absolute Gasteiger partial charge is 0.221 e. The highest BCUT2D eigenvalue weighted by atomic mass is 79.9. The van der Waals surface area contributed by atoms with E-state index in [1.54, 1.807) is 0 Å². The number of hydrogen-bond acceptors (Lipinski definition) is 3. The van der Waals surface area contributed by atoms with Crippen molar-refractivity contribution in [1.29, 1.82) is 0 Å². The Labute approximate surface area is 102 Å². The third kappa shape index (κ3) is 1.38. The summed E-state index contributed by atoms with van der Waals surface area (Å²) in [6.45, 7) is 1.93. The number of alkyl halides is 1. The minimum Gasteiger partial charge on any atom is -0.221 e. The van der Waals surface area contributed by atoms with Gasteiger partial charge in [-0.15, -0.1) is 5.10 Å². The van der Waals surface area contributed by atoms with E-state index < -0.39 is 0 Å². The highest BCUT2D eigenvalue weighted by Crippen LogP contribution is 2.38. The SMILES string of the molecule is Cc1nnnn1[C@H]1c2ccccc2C[C@@H]1Br. The molecule has 2 aromatic rings. The minimum absolute atomic E-state index is 0.214. The van der Waals surface area contributed by atoms with E-state index in [0.717, 1.165) is 12.2 Å². The van der Waals surface area contributed by atoms with Gasteiger partial charge in [-0.1, -0.05) is 40.2 Å². The summed E-state index contributed by atoms with van der Waals surface area (Å²) in [7, 11) is 0. The van der Waals surface area contributed by atoms with E-state index in [9.17, 15) is 0 Å². The van der Waals surface area contributed by atoms with Crippen molar-refractivity contribution in [3.05, 3.63) is 41.2 Å². The van der Waals surface area contributed by atoms with Gasteiger partial charge < -0.3 is 0 Å². The van der Waals surface area contributed by atoms with Crippen molar-refractivity contribution in [3.8, 4) is 0 Å². The topological polar surface area (TPSA) is 43.6 Å². The quantitative estimate of drug-likeness (QED) is 0.749. The summed E-state index contributed by atoms with van der Waals surface area (Å²) in [6, 6.07) is 8.68. The Morgan fingerprint density at radius 3 is 2.94 bits per heavy atom. The normalized spacial score (nSPS) is 23.4. The van der Waals surface area contributed by atoms with Gasteiger partial charge in [0.05, 0.1) is 6.04 Å². The lowest BCUT2D eigenvalue weighted by molar-refractivity contribution is 0.506. The Kier molecular flexibility index (Phi) is 2.28. The molecule has 0 fully saturated rings. The Bertz CT molecular complexity index is 522. The molecule has 0 N–H and O–H groups in total. The highest BCUT2D eigenvalue weighted by Gasteiger charge is 2.33. The van der Waals surface area contributed by atoms with Crippen molar-refractivity contribution < 1.29 is 0 Å². The predicted molar refractivity (Wildman–Crippen MR) is 63.6 cm³/mol. The fraction of sp³-hybridized carbons (Fsp3) is 0.364. The van der Waals surface area contributed by atoms with E-state index in [-0.39, 0.29) is 6.04 Å². The molecule has 5 heteroatoms. The maximum atomic E-state index is 4.07. The van der Waals surface area contributed by atoms with Gasteiger partial charge in [0.25, 0.3) is 0 Å². The second-order valence-electron chi connectivity index (χ2n) is 4.03. The third-order valence-corrected chi connectivity index (χ3v) is 3.88. The van der Waals surface area contributed by atoms with Gasteiger partial charge in [0.15, 0.2) is 0 Å². The third-order valence-electron chi connectivity index (χ3n) is 3.05. The molecule has 0 bridgehead atoms. The van der Waals surface area contributed by atoms with Gasteiger partial charge in [-0.25, -0.2) is 4.68 Å². The molecule has 1 aliphatic carbocycles. The first-order chi connectivity index (χ1) is 7.77. The molecule has 0 radical (unpaired) electrons. The van der Waals surface area contributed by atoms with Crippen molar-refractivity contribution in [3.63, 3.8) is 0 Å². The van der Waals surface area contributed by atoms with E-state index in [4.69, 9.17) is 0 Å². The molecule has 0 saturated heterocycles. The molecule has 82 valence electrons. The van der Waals surface area contributed by atoms with E-state index in [0.29, 0.717) is 4.83 Å². The smallest absolute Gasteiger partial charge is 0.148 e. The van der Waals surface area contributed by atoms with Crippen LogP contribution < -0.4 is 0 Å². The molecule has 1 aliphatic rings. The first-order valence-electron chi connectivity index (χ1n) is 5.23. The summed E-state index contributed by atoms with van der Waals surface area (Å²) in [4.78, 5) is 0.368. The molecule has 0 unspecified atom stereocenters. The van der Waals surface area contributed by atoms with Crippen molar-refractivity contribution in [2.45, 2.75) is 24.2 Å². The molecule has 2 atom stereocenters. The summed E-state index contributed by atoms with van der Waals surface area (Å²) in [5.74, 6) is 0.853. The van der Waals surface area contributed by atoms with Crippen molar-refractivity contribution in [1.82, 2.24) is 20.2 Å². The number of aromatic nitrogens is 4. The standard InChI is InChI=1S/C11H11BrN4/c1-7-13-14-15-16(7)11-9-5-3-2-4-8(9)6-10(11)12/h2-5,10-11H,6H2,1H3/t10-,11-/m0/s1. The number of nitrogens with zero attached hydrogens (tertiary/aromatic N) is 4. The van der Waals surface area contributed by atoms with Crippen LogP contribution >= 0.6 is 15.9 Å². The zero-order valence-electron chi connectivity index (χ0n) is 8.84. The summed E-state index contributed by atoms with van der Waals surface area (Å²) in [5, 5.41) is 11.7. The van der Waals surface area contributed by atoms with E-state index >= 15 is 0 Å². The molecule has 16 heavy (non-hydrogen) atoms. The van der Waals surface area contributed by atoms with Crippen molar-refractivity contribution in [2.75, 3.05) is 0 Å². The maximum Gasteiger partial charge on any atom is 0.148 e.